The van der Waals surface area contributed by atoms with Crippen molar-refractivity contribution in [3.8, 4) is 0 Å². The number of thiazole rings is 1. The number of hydrogen-bond acceptors (Lipinski definition) is 3. The Bertz CT molecular complexity index is 300. The van der Waals surface area contributed by atoms with E-state index in [9.17, 15) is 9.18 Å². The van der Waals surface area contributed by atoms with Crippen molar-refractivity contribution in [2.45, 2.75) is 20.0 Å². The molecule has 0 radical (unpaired) electrons. The van der Waals surface area contributed by atoms with E-state index in [1.807, 2.05) is 0 Å². The summed E-state index contributed by atoms with van der Waals surface area (Å²) in [6, 6.07) is 0. The summed E-state index contributed by atoms with van der Waals surface area (Å²) in [6.45, 7) is 1.08. The smallest absolute Gasteiger partial charge is 0.306 e. The second-order valence-electron chi connectivity index (χ2n) is 2.80. The Hall–Kier alpha value is -0.970. The highest BCUT2D eigenvalue weighted by Gasteiger charge is 2.13. The summed E-state index contributed by atoms with van der Waals surface area (Å²) in [5.74, 6) is -1.31. The van der Waals surface area contributed by atoms with Gasteiger partial charge in [0.05, 0.1) is 15.8 Å². The van der Waals surface area contributed by atoms with Crippen molar-refractivity contribution in [3.63, 3.8) is 0 Å². The molecule has 0 saturated carbocycles. The summed E-state index contributed by atoms with van der Waals surface area (Å²) in [4.78, 5) is 15.0. The highest BCUT2D eigenvalue weighted by Crippen LogP contribution is 2.17. The fourth-order valence-electron chi connectivity index (χ4n) is 0.853. The second kappa shape index (κ2) is 4.32. The van der Waals surface area contributed by atoms with Gasteiger partial charge in [-0.1, -0.05) is 6.92 Å². The fourth-order valence-corrected chi connectivity index (χ4v) is 1.75. The molecule has 1 aromatic rings. The lowest BCUT2D eigenvalue weighted by Crippen LogP contribution is -2.11. The van der Waals surface area contributed by atoms with Gasteiger partial charge in [-0.05, 0) is 0 Å². The van der Waals surface area contributed by atoms with Crippen molar-refractivity contribution >= 4 is 17.3 Å². The summed E-state index contributed by atoms with van der Waals surface area (Å²) < 4.78 is 12.1. The minimum Gasteiger partial charge on any atom is -0.481 e. The molecule has 0 aromatic carbocycles. The molecule has 0 fully saturated rings. The number of carbonyl (C=O) groups is 1. The van der Waals surface area contributed by atoms with Crippen molar-refractivity contribution < 1.29 is 14.3 Å². The van der Waals surface area contributed by atoms with Crippen molar-refractivity contribution in [2.24, 2.45) is 5.92 Å². The van der Waals surface area contributed by atoms with Gasteiger partial charge in [0.25, 0.3) is 0 Å². The molecule has 5 heteroatoms. The third-order valence-corrected chi connectivity index (χ3v) is 2.62. The zero-order valence-corrected chi connectivity index (χ0v) is 7.97. The maximum Gasteiger partial charge on any atom is 0.306 e. The summed E-state index contributed by atoms with van der Waals surface area (Å²) in [7, 11) is 0. The molecule has 0 aliphatic carbocycles. The van der Waals surface area contributed by atoms with Crippen LogP contribution in [0.1, 0.15) is 16.8 Å². The number of nitrogens with zero attached hydrogens (tertiary/aromatic N) is 1. The largest absolute Gasteiger partial charge is 0.481 e. The van der Waals surface area contributed by atoms with Crippen LogP contribution in [0.2, 0.25) is 0 Å². The summed E-state index contributed by atoms with van der Waals surface area (Å²) in [6.07, 6.45) is 1.83. The van der Waals surface area contributed by atoms with Gasteiger partial charge in [-0.3, -0.25) is 4.79 Å². The van der Waals surface area contributed by atoms with Crippen molar-refractivity contribution in [1.29, 1.82) is 0 Å². The standard InChI is InChI=1S/C8H10FNO2S/c1-5(8(11)12)2-7-10-4-6(3-9)13-7/h4-5H,2-3H2,1H3,(H,11,12). The molecule has 0 saturated heterocycles. The van der Waals surface area contributed by atoms with Crippen LogP contribution in [-0.4, -0.2) is 16.1 Å². The number of hydrogen-bond donors (Lipinski definition) is 1. The predicted octanol–water partition coefficient (Wildman–Crippen LogP) is 1.88. The molecule has 1 rings (SSSR count). The van der Waals surface area contributed by atoms with Gasteiger partial charge < -0.3 is 5.11 Å². The second-order valence-corrected chi connectivity index (χ2v) is 4.00. The molecule has 0 amide bonds. The van der Waals surface area contributed by atoms with Gasteiger partial charge in [-0.2, -0.15) is 0 Å². The van der Waals surface area contributed by atoms with Gasteiger partial charge in [-0.15, -0.1) is 11.3 Å². The molecule has 1 aromatic heterocycles. The lowest BCUT2D eigenvalue weighted by molar-refractivity contribution is -0.141. The van der Waals surface area contributed by atoms with Crippen LogP contribution < -0.4 is 0 Å². The molecule has 72 valence electrons. The minimum absolute atomic E-state index is 0.375. The molecule has 0 aliphatic rings. The lowest BCUT2D eigenvalue weighted by Gasteiger charge is -2.01. The normalized spacial score (nSPS) is 12.8. The first kappa shape index (κ1) is 10.1. The zero-order chi connectivity index (χ0) is 9.84. The Balaban J connectivity index is 2.58. The monoisotopic (exact) mass is 203 g/mol. The van der Waals surface area contributed by atoms with Crippen molar-refractivity contribution in [3.05, 3.63) is 16.1 Å². The van der Waals surface area contributed by atoms with Gasteiger partial charge in [0, 0.05) is 12.6 Å². The lowest BCUT2D eigenvalue weighted by atomic mass is 10.1. The first-order valence-electron chi connectivity index (χ1n) is 3.86. The van der Waals surface area contributed by atoms with E-state index in [1.54, 1.807) is 6.92 Å². The average molecular weight is 203 g/mol. The third kappa shape index (κ3) is 2.77. The number of carboxylic acids is 1. The van der Waals surface area contributed by atoms with Crippen LogP contribution in [0.5, 0.6) is 0 Å². The van der Waals surface area contributed by atoms with Gasteiger partial charge in [0.15, 0.2) is 0 Å². The number of aliphatic carboxylic acids is 1. The van der Waals surface area contributed by atoms with Gasteiger partial charge in [0.2, 0.25) is 0 Å². The molecule has 3 nitrogen and oxygen atoms in total. The molecule has 0 spiro atoms. The number of halogens is 1. The third-order valence-electron chi connectivity index (χ3n) is 1.64. The van der Waals surface area contributed by atoms with Gasteiger partial charge in [-0.25, -0.2) is 9.37 Å². The van der Waals surface area contributed by atoms with E-state index in [2.05, 4.69) is 4.98 Å². The van der Waals surface area contributed by atoms with E-state index >= 15 is 0 Å². The summed E-state index contributed by atoms with van der Waals surface area (Å²) in [5.41, 5.74) is 0. The van der Waals surface area contributed by atoms with Crippen LogP contribution in [-0.2, 0) is 17.9 Å². The predicted molar refractivity (Wildman–Crippen MR) is 47.4 cm³/mol. The molecule has 1 heterocycles. The van der Waals surface area contributed by atoms with Crippen LogP contribution in [0.3, 0.4) is 0 Å². The zero-order valence-electron chi connectivity index (χ0n) is 7.16. The topological polar surface area (TPSA) is 50.2 Å². The highest BCUT2D eigenvalue weighted by molar-refractivity contribution is 7.11. The number of aromatic nitrogens is 1. The SMILES string of the molecule is CC(Cc1ncc(CF)s1)C(=O)O. The number of carboxylic acid groups (broad SMARTS) is 1. The van der Waals surface area contributed by atoms with E-state index in [1.165, 1.54) is 17.5 Å². The molecule has 0 aliphatic heterocycles. The van der Waals surface area contributed by atoms with E-state index in [4.69, 9.17) is 5.11 Å². The summed E-state index contributed by atoms with van der Waals surface area (Å²) in [5, 5.41) is 9.29. The Morgan fingerprint density at radius 2 is 2.54 bits per heavy atom. The minimum atomic E-state index is -0.850. The Kier molecular flexibility index (Phi) is 3.36. The molecule has 1 N–H and O–H groups in total. The Morgan fingerprint density at radius 1 is 1.85 bits per heavy atom. The van der Waals surface area contributed by atoms with E-state index in [-0.39, 0.29) is 0 Å². The van der Waals surface area contributed by atoms with E-state index < -0.39 is 18.6 Å². The Morgan fingerprint density at radius 3 is 3.00 bits per heavy atom. The average Bonchev–Trinajstić information content (AvgIpc) is 2.52. The van der Waals surface area contributed by atoms with Crippen LogP contribution in [0, 0.1) is 5.92 Å². The quantitative estimate of drug-likeness (QED) is 0.812. The van der Waals surface area contributed by atoms with Gasteiger partial charge in [0.1, 0.15) is 6.67 Å². The van der Waals surface area contributed by atoms with Crippen LogP contribution in [0.15, 0.2) is 6.20 Å². The van der Waals surface area contributed by atoms with E-state index in [0.29, 0.717) is 16.3 Å². The molecular formula is C8H10FNO2S. The van der Waals surface area contributed by atoms with Crippen molar-refractivity contribution in [1.82, 2.24) is 4.98 Å². The summed E-state index contributed by atoms with van der Waals surface area (Å²) >= 11 is 1.23. The number of alkyl halides is 1. The first-order valence-corrected chi connectivity index (χ1v) is 4.67. The molecule has 1 atom stereocenters. The van der Waals surface area contributed by atoms with Crippen molar-refractivity contribution in [2.75, 3.05) is 0 Å². The molecular weight excluding hydrogens is 193 g/mol. The first-order chi connectivity index (χ1) is 6.13. The Labute approximate surface area is 79.2 Å². The van der Waals surface area contributed by atoms with Gasteiger partial charge >= 0.3 is 5.97 Å². The van der Waals surface area contributed by atoms with Crippen LogP contribution >= 0.6 is 11.3 Å². The maximum atomic E-state index is 12.1. The molecule has 13 heavy (non-hydrogen) atoms. The molecule has 1 unspecified atom stereocenters. The maximum absolute atomic E-state index is 12.1. The van der Waals surface area contributed by atoms with E-state index in [0.717, 1.165) is 0 Å². The number of rotatable bonds is 4. The fraction of sp³-hybridized carbons (Fsp3) is 0.500. The van der Waals surface area contributed by atoms with Crippen LogP contribution in [0.4, 0.5) is 4.39 Å². The van der Waals surface area contributed by atoms with Crippen LogP contribution in [0.25, 0.3) is 0 Å². The highest BCUT2D eigenvalue weighted by atomic mass is 32.1. The molecule has 0 bridgehead atoms.